The van der Waals surface area contributed by atoms with E-state index in [2.05, 4.69) is 21.3 Å². The summed E-state index contributed by atoms with van der Waals surface area (Å²) in [5, 5.41) is 17.3. The zero-order valence-corrected chi connectivity index (χ0v) is 12.3. The van der Waals surface area contributed by atoms with Crippen molar-refractivity contribution >= 4 is 28.6 Å². The van der Waals surface area contributed by atoms with Crippen molar-refractivity contribution in [1.29, 1.82) is 5.26 Å². The standard InChI is InChI=1S/C16H11N5S/c17-9-11-5-1-2-6-12(11)10-22-16-20-19-15-18-13-7-3-4-8-14(13)21(15)16/h1-8H,10H2,(H,18,19). The van der Waals surface area contributed by atoms with Gasteiger partial charge in [-0.25, -0.2) is 10.1 Å². The first-order valence-corrected chi connectivity index (χ1v) is 7.78. The maximum atomic E-state index is 9.16. The summed E-state index contributed by atoms with van der Waals surface area (Å²) in [4.78, 5) is 4.50. The molecule has 0 spiro atoms. The fraction of sp³-hybridized carbons (Fsp3) is 0.0625. The lowest BCUT2D eigenvalue weighted by molar-refractivity contribution is 0.940. The van der Waals surface area contributed by atoms with Gasteiger partial charge in [-0.15, -0.1) is 5.10 Å². The maximum absolute atomic E-state index is 9.16. The van der Waals surface area contributed by atoms with E-state index < -0.39 is 0 Å². The molecule has 1 N–H and O–H groups in total. The zero-order valence-electron chi connectivity index (χ0n) is 11.5. The third kappa shape index (κ3) is 2.03. The Morgan fingerprint density at radius 2 is 1.95 bits per heavy atom. The molecule has 2 aromatic heterocycles. The summed E-state index contributed by atoms with van der Waals surface area (Å²) in [5.41, 5.74) is 3.69. The quantitative estimate of drug-likeness (QED) is 0.589. The lowest BCUT2D eigenvalue weighted by Gasteiger charge is -2.02. The van der Waals surface area contributed by atoms with E-state index in [1.807, 2.05) is 52.9 Å². The number of nitriles is 1. The van der Waals surface area contributed by atoms with Crippen LogP contribution in [0.5, 0.6) is 0 Å². The first-order valence-electron chi connectivity index (χ1n) is 6.79. The number of aromatic nitrogens is 4. The second-order valence-electron chi connectivity index (χ2n) is 4.82. The van der Waals surface area contributed by atoms with Crippen LogP contribution in [-0.2, 0) is 5.75 Å². The molecular formula is C16H11N5S. The van der Waals surface area contributed by atoms with E-state index in [-0.39, 0.29) is 0 Å². The molecule has 0 radical (unpaired) electrons. The van der Waals surface area contributed by atoms with E-state index in [0.717, 1.165) is 27.5 Å². The van der Waals surface area contributed by atoms with Gasteiger partial charge in [0, 0.05) is 5.75 Å². The van der Waals surface area contributed by atoms with Crippen LogP contribution >= 0.6 is 11.8 Å². The lowest BCUT2D eigenvalue weighted by Crippen LogP contribution is -1.90. The van der Waals surface area contributed by atoms with E-state index in [0.29, 0.717) is 11.3 Å². The molecular weight excluding hydrogens is 294 g/mol. The van der Waals surface area contributed by atoms with Crippen molar-refractivity contribution in [2.75, 3.05) is 0 Å². The van der Waals surface area contributed by atoms with Gasteiger partial charge in [0.1, 0.15) is 0 Å². The number of fused-ring (bicyclic) bond motifs is 3. The lowest BCUT2D eigenvalue weighted by atomic mass is 10.1. The number of nitrogens with zero attached hydrogens (tertiary/aromatic N) is 4. The molecule has 0 bridgehead atoms. The highest BCUT2D eigenvalue weighted by atomic mass is 32.2. The predicted molar refractivity (Wildman–Crippen MR) is 85.6 cm³/mol. The topological polar surface area (TPSA) is 69.8 Å². The molecule has 0 saturated heterocycles. The summed E-state index contributed by atoms with van der Waals surface area (Å²) in [6.45, 7) is 0. The van der Waals surface area contributed by atoms with Crippen molar-refractivity contribution in [2.45, 2.75) is 10.9 Å². The first kappa shape index (κ1) is 12.9. The molecule has 0 aliphatic heterocycles. The molecule has 5 nitrogen and oxygen atoms in total. The summed E-state index contributed by atoms with van der Waals surface area (Å²) < 4.78 is 2.01. The number of thioether (sulfide) groups is 1. The number of rotatable bonds is 3. The number of H-pyrrole nitrogens is 1. The summed E-state index contributed by atoms with van der Waals surface area (Å²) in [6, 6.07) is 17.8. The Morgan fingerprint density at radius 3 is 2.86 bits per heavy atom. The number of nitrogens with one attached hydrogen (secondary N) is 1. The van der Waals surface area contributed by atoms with Crippen molar-refractivity contribution in [3.05, 3.63) is 59.7 Å². The van der Waals surface area contributed by atoms with Crippen molar-refractivity contribution in [3.63, 3.8) is 0 Å². The molecule has 0 aliphatic rings. The van der Waals surface area contributed by atoms with Crippen LogP contribution in [0.15, 0.2) is 53.7 Å². The Morgan fingerprint density at radius 1 is 1.14 bits per heavy atom. The Hall–Kier alpha value is -2.78. The minimum absolute atomic E-state index is 0.691. The SMILES string of the molecule is N#Cc1ccccc1CSc1n[nH]c2nc3ccccc3n12. The third-order valence-corrected chi connectivity index (χ3v) is 4.49. The van der Waals surface area contributed by atoms with Crippen LogP contribution in [0, 0.1) is 11.3 Å². The number of para-hydroxylation sites is 2. The van der Waals surface area contributed by atoms with E-state index in [1.165, 1.54) is 0 Å². The zero-order chi connectivity index (χ0) is 14.9. The van der Waals surface area contributed by atoms with Crippen molar-refractivity contribution in [3.8, 4) is 6.07 Å². The van der Waals surface area contributed by atoms with Gasteiger partial charge in [0.15, 0.2) is 5.16 Å². The molecule has 0 saturated carbocycles. The van der Waals surface area contributed by atoms with Crippen LogP contribution in [-0.4, -0.2) is 19.6 Å². The van der Waals surface area contributed by atoms with Gasteiger partial charge in [-0.2, -0.15) is 5.26 Å². The first-order chi connectivity index (χ1) is 10.9. The number of hydrogen-bond donors (Lipinski definition) is 1. The molecule has 2 heterocycles. The van der Waals surface area contributed by atoms with Crippen LogP contribution in [0.4, 0.5) is 0 Å². The number of benzene rings is 2. The molecule has 0 fully saturated rings. The van der Waals surface area contributed by atoms with Gasteiger partial charge >= 0.3 is 0 Å². The van der Waals surface area contributed by atoms with Crippen LogP contribution in [0.25, 0.3) is 16.8 Å². The second kappa shape index (κ2) is 5.20. The maximum Gasteiger partial charge on any atom is 0.231 e. The minimum atomic E-state index is 0.691. The molecule has 0 aliphatic carbocycles. The van der Waals surface area contributed by atoms with E-state index in [1.54, 1.807) is 11.8 Å². The van der Waals surface area contributed by atoms with E-state index in [4.69, 9.17) is 5.26 Å². The summed E-state index contributed by atoms with van der Waals surface area (Å²) in [5.74, 6) is 1.42. The summed E-state index contributed by atoms with van der Waals surface area (Å²) >= 11 is 1.59. The highest BCUT2D eigenvalue weighted by molar-refractivity contribution is 7.98. The average Bonchev–Trinajstić information content (AvgIpc) is 3.12. The molecule has 2 aromatic carbocycles. The Bertz CT molecular complexity index is 1010. The van der Waals surface area contributed by atoms with Crippen LogP contribution in [0.1, 0.15) is 11.1 Å². The van der Waals surface area contributed by atoms with Crippen molar-refractivity contribution < 1.29 is 0 Å². The van der Waals surface area contributed by atoms with Gasteiger partial charge in [-0.3, -0.25) is 4.40 Å². The van der Waals surface area contributed by atoms with Gasteiger partial charge in [0.05, 0.1) is 22.7 Å². The molecule has 22 heavy (non-hydrogen) atoms. The number of aromatic amines is 1. The minimum Gasteiger partial charge on any atom is -0.254 e. The number of hydrogen-bond acceptors (Lipinski definition) is 4. The van der Waals surface area contributed by atoms with Crippen LogP contribution in [0.2, 0.25) is 0 Å². The van der Waals surface area contributed by atoms with Gasteiger partial charge in [0.2, 0.25) is 5.78 Å². The summed E-state index contributed by atoms with van der Waals surface area (Å²) in [6.07, 6.45) is 0. The average molecular weight is 305 g/mol. The molecule has 4 aromatic rings. The fourth-order valence-corrected chi connectivity index (χ4v) is 3.40. The van der Waals surface area contributed by atoms with Crippen LogP contribution in [0.3, 0.4) is 0 Å². The molecule has 4 rings (SSSR count). The monoisotopic (exact) mass is 305 g/mol. The molecule has 0 amide bonds. The second-order valence-corrected chi connectivity index (χ2v) is 5.77. The highest BCUT2D eigenvalue weighted by Crippen LogP contribution is 2.26. The van der Waals surface area contributed by atoms with E-state index in [9.17, 15) is 0 Å². The fourth-order valence-electron chi connectivity index (χ4n) is 2.44. The van der Waals surface area contributed by atoms with Gasteiger partial charge in [0.25, 0.3) is 0 Å². The molecule has 0 atom stereocenters. The van der Waals surface area contributed by atoms with E-state index >= 15 is 0 Å². The smallest absolute Gasteiger partial charge is 0.231 e. The van der Waals surface area contributed by atoms with Crippen molar-refractivity contribution in [2.24, 2.45) is 0 Å². The van der Waals surface area contributed by atoms with Gasteiger partial charge in [-0.05, 0) is 23.8 Å². The third-order valence-electron chi connectivity index (χ3n) is 3.50. The number of imidazole rings is 1. The Labute approximate surface area is 130 Å². The van der Waals surface area contributed by atoms with Gasteiger partial charge in [-0.1, -0.05) is 42.1 Å². The van der Waals surface area contributed by atoms with Crippen LogP contribution < -0.4 is 0 Å². The largest absolute Gasteiger partial charge is 0.254 e. The normalized spacial score (nSPS) is 11.0. The Balaban J connectivity index is 1.72. The highest BCUT2D eigenvalue weighted by Gasteiger charge is 2.12. The van der Waals surface area contributed by atoms with Crippen molar-refractivity contribution in [1.82, 2.24) is 19.6 Å². The predicted octanol–water partition coefficient (Wildman–Crippen LogP) is 3.37. The molecule has 6 heteroatoms. The Kier molecular flexibility index (Phi) is 3.06. The van der Waals surface area contributed by atoms with Gasteiger partial charge < -0.3 is 0 Å². The molecule has 0 unspecified atom stereocenters. The molecule has 106 valence electrons. The summed E-state index contributed by atoms with van der Waals surface area (Å²) in [7, 11) is 0.